The number of carbonyl (C=O) groups excluding carboxylic acids is 1. The van der Waals surface area contributed by atoms with Crippen LogP contribution in [0.5, 0.6) is 0 Å². The normalized spacial score (nSPS) is 11.5. The van der Waals surface area contributed by atoms with E-state index in [4.69, 9.17) is 4.74 Å². The Morgan fingerprint density at radius 1 is 1.08 bits per heavy atom. The number of hydrogen-bond acceptors (Lipinski definition) is 4. The van der Waals surface area contributed by atoms with Crippen molar-refractivity contribution in [1.29, 1.82) is 0 Å². The second kappa shape index (κ2) is 11.5. The molecule has 2 aromatic carbocycles. The van der Waals surface area contributed by atoms with E-state index in [0.29, 0.717) is 24.2 Å². The third kappa shape index (κ3) is 6.90. The average Bonchev–Trinajstić information content (AvgIpc) is 2.82. The van der Waals surface area contributed by atoms with Crippen molar-refractivity contribution >= 4 is 23.0 Å². The lowest BCUT2D eigenvalue weighted by Gasteiger charge is -2.24. The van der Waals surface area contributed by atoms with Crippen LogP contribution in [0.1, 0.15) is 52.8 Å². The van der Waals surface area contributed by atoms with Gasteiger partial charge in [0.1, 0.15) is 5.60 Å². The molecule has 0 atom stereocenters. The molecule has 0 spiro atoms. The molecule has 3 rings (SSSR count). The van der Waals surface area contributed by atoms with Crippen molar-refractivity contribution in [3.63, 3.8) is 0 Å². The van der Waals surface area contributed by atoms with Crippen molar-refractivity contribution in [2.24, 2.45) is 5.92 Å². The Bertz CT molecular complexity index is 1320. The monoisotopic (exact) mass is 507 g/mol. The molecule has 2 amide bonds. The van der Waals surface area contributed by atoms with E-state index in [2.05, 4.69) is 5.32 Å². The lowest BCUT2D eigenvalue weighted by atomic mass is 9.94. The molecule has 0 aliphatic heterocycles. The summed E-state index contributed by atoms with van der Waals surface area (Å²) in [6, 6.07) is 15.2. The number of aromatic nitrogens is 1. The Kier molecular flexibility index (Phi) is 8.63. The van der Waals surface area contributed by atoms with Crippen LogP contribution in [0.3, 0.4) is 0 Å². The van der Waals surface area contributed by atoms with E-state index in [-0.39, 0.29) is 24.6 Å². The molecular weight excluding hydrogens is 470 g/mol. The fourth-order valence-electron chi connectivity index (χ4n) is 4.32. The van der Waals surface area contributed by atoms with Crippen LogP contribution in [0.4, 0.5) is 9.59 Å². The molecule has 0 bridgehead atoms. The molecule has 0 unspecified atom stereocenters. The largest absolute Gasteiger partial charge is 0.465 e. The van der Waals surface area contributed by atoms with Crippen molar-refractivity contribution in [1.82, 2.24) is 14.8 Å². The van der Waals surface area contributed by atoms with E-state index < -0.39 is 17.8 Å². The Hall–Kier alpha value is -3.81. The molecule has 37 heavy (non-hydrogen) atoms. The summed E-state index contributed by atoms with van der Waals surface area (Å²) >= 11 is 0. The van der Waals surface area contributed by atoms with Gasteiger partial charge in [0, 0.05) is 36.3 Å². The van der Waals surface area contributed by atoms with Gasteiger partial charge in [-0.05, 0) is 62.3 Å². The molecule has 0 saturated carbocycles. The van der Waals surface area contributed by atoms with Crippen molar-refractivity contribution < 1.29 is 19.4 Å². The summed E-state index contributed by atoms with van der Waals surface area (Å²) < 4.78 is 7.18. The topological polar surface area (TPSA) is 101 Å². The number of nitrogens with one attached hydrogen (secondary N) is 1. The van der Waals surface area contributed by atoms with Gasteiger partial charge < -0.3 is 24.6 Å². The van der Waals surface area contributed by atoms with Crippen molar-refractivity contribution in [2.45, 2.75) is 66.8 Å². The highest BCUT2D eigenvalue weighted by Crippen LogP contribution is 2.32. The fourth-order valence-corrected chi connectivity index (χ4v) is 4.32. The van der Waals surface area contributed by atoms with Gasteiger partial charge in [0.2, 0.25) is 0 Å². The zero-order chi connectivity index (χ0) is 27.3. The number of fused-ring (bicyclic) bond motifs is 1. The zero-order valence-corrected chi connectivity index (χ0v) is 22.5. The maximum atomic E-state index is 13.8. The smallest absolute Gasteiger partial charge is 0.407 e. The van der Waals surface area contributed by atoms with Crippen LogP contribution in [0.25, 0.3) is 21.9 Å². The first-order valence-electron chi connectivity index (χ1n) is 12.6. The van der Waals surface area contributed by atoms with Crippen LogP contribution in [0.2, 0.25) is 0 Å². The Morgan fingerprint density at radius 2 is 1.76 bits per heavy atom. The van der Waals surface area contributed by atoms with E-state index >= 15 is 0 Å². The molecule has 3 aromatic rings. The average molecular weight is 508 g/mol. The minimum Gasteiger partial charge on any atom is -0.465 e. The molecule has 8 heteroatoms. The molecule has 8 nitrogen and oxygen atoms in total. The number of ether oxygens (including phenoxy) is 1. The van der Waals surface area contributed by atoms with E-state index in [1.807, 2.05) is 56.3 Å². The van der Waals surface area contributed by atoms with Gasteiger partial charge in [-0.3, -0.25) is 4.79 Å². The van der Waals surface area contributed by atoms with Crippen LogP contribution in [-0.4, -0.2) is 38.9 Å². The summed E-state index contributed by atoms with van der Waals surface area (Å²) in [5.74, 6) is 0.187. The number of rotatable bonds is 8. The molecule has 2 N–H and O–H groups in total. The van der Waals surface area contributed by atoms with E-state index in [0.717, 1.165) is 22.1 Å². The third-order valence-electron chi connectivity index (χ3n) is 5.88. The van der Waals surface area contributed by atoms with Gasteiger partial charge in [-0.2, -0.15) is 0 Å². The maximum absolute atomic E-state index is 13.8. The van der Waals surface area contributed by atoms with Gasteiger partial charge in [0.25, 0.3) is 5.56 Å². The van der Waals surface area contributed by atoms with Crippen LogP contribution in [0, 0.1) is 5.92 Å². The Balaban J connectivity index is 2.27. The number of alkyl carbamates (subject to hydrolysis) is 1. The molecule has 1 heterocycles. The molecule has 0 radical (unpaired) electrons. The number of pyridine rings is 1. The first-order valence-corrected chi connectivity index (χ1v) is 12.6. The van der Waals surface area contributed by atoms with E-state index in [1.165, 1.54) is 4.90 Å². The van der Waals surface area contributed by atoms with Gasteiger partial charge in [-0.1, -0.05) is 50.2 Å². The first-order chi connectivity index (χ1) is 17.4. The minimum atomic E-state index is -1.000. The van der Waals surface area contributed by atoms with E-state index in [9.17, 15) is 19.5 Å². The first kappa shape index (κ1) is 27.8. The predicted octanol–water partition coefficient (Wildman–Crippen LogP) is 5.85. The van der Waals surface area contributed by atoms with Crippen LogP contribution >= 0.6 is 0 Å². The van der Waals surface area contributed by atoms with Gasteiger partial charge in [-0.25, -0.2) is 9.59 Å². The lowest BCUT2D eigenvalue weighted by Crippen LogP contribution is -2.35. The molecule has 1 aromatic heterocycles. The molecule has 0 fully saturated rings. The molecule has 0 saturated heterocycles. The zero-order valence-electron chi connectivity index (χ0n) is 22.5. The number of carboxylic acid groups (broad SMARTS) is 1. The second-order valence-corrected chi connectivity index (χ2v) is 10.5. The second-order valence-electron chi connectivity index (χ2n) is 10.5. The van der Waals surface area contributed by atoms with Crippen LogP contribution in [0.15, 0.2) is 53.3 Å². The highest BCUT2D eigenvalue weighted by atomic mass is 16.6. The van der Waals surface area contributed by atoms with Crippen molar-refractivity contribution in [3.05, 3.63) is 70.1 Å². The summed E-state index contributed by atoms with van der Waals surface area (Å²) in [6.45, 7) is 12.4. The Morgan fingerprint density at radius 3 is 2.32 bits per heavy atom. The van der Waals surface area contributed by atoms with Crippen molar-refractivity contribution in [3.8, 4) is 11.1 Å². The van der Waals surface area contributed by atoms with E-state index in [1.54, 1.807) is 38.3 Å². The van der Waals surface area contributed by atoms with Gasteiger partial charge in [-0.15, -0.1) is 0 Å². The number of hydrogen-bond donors (Lipinski definition) is 2. The van der Waals surface area contributed by atoms with Gasteiger partial charge in [0.15, 0.2) is 0 Å². The van der Waals surface area contributed by atoms with Gasteiger partial charge >= 0.3 is 12.2 Å². The highest BCUT2D eigenvalue weighted by Gasteiger charge is 2.22. The minimum absolute atomic E-state index is 0.0947. The summed E-state index contributed by atoms with van der Waals surface area (Å²) in [7, 11) is 0. The summed E-state index contributed by atoms with van der Waals surface area (Å²) in [4.78, 5) is 39.2. The molecule has 198 valence electrons. The number of nitrogens with zero attached hydrogens (tertiary/aromatic N) is 2. The maximum Gasteiger partial charge on any atom is 0.407 e. The molecule has 0 aliphatic carbocycles. The molecule has 0 aliphatic rings. The quantitative estimate of drug-likeness (QED) is 0.398. The van der Waals surface area contributed by atoms with Crippen LogP contribution < -0.4 is 10.9 Å². The number of amides is 2. The number of benzene rings is 2. The summed E-state index contributed by atoms with van der Waals surface area (Å²) in [6.07, 6.45) is -1.57. The standard InChI is InChI=1S/C29H37N3O5/c1-7-31(28(35)36)18-20-13-14-22-23(15-20)25(21-11-9-8-10-12-21)24(32(26(22)33)17-19(2)3)16-30-27(34)37-29(4,5)6/h8-15,19H,7,16-18H2,1-6H3,(H,30,34)(H,35,36). The number of carbonyl (C=O) groups is 2. The fraction of sp³-hybridized carbons (Fsp3) is 0.414. The SMILES string of the molecule is CCN(Cc1ccc2c(=O)n(CC(C)C)c(CNC(=O)OC(C)(C)C)c(-c3ccccc3)c2c1)C(=O)O. The molecular formula is C29H37N3O5. The summed E-state index contributed by atoms with van der Waals surface area (Å²) in [5, 5.41) is 13.6. The lowest BCUT2D eigenvalue weighted by molar-refractivity contribution is 0.0522. The predicted molar refractivity (Wildman–Crippen MR) is 146 cm³/mol. The van der Waals surface area contributed by atoms with Crippen LogP contribution in [-0.2, 0) is 24.4 Å². The Labute approximate surface area is 217 Å². The highest BCUT2D eigenvalue weighted by molar-refractivity contribution is 5.98. The summed E-state index contributed by atoms with van der Waals surface area (Å²) in [5.41, 5.74) is 2.37. The third-order valence-corrected chi connectivity index (χ3v) is 5.88. The van der Waals surface area contributed by atoms with Gasteiger partial charge in [0.05, 0.1) is 6.54 Å². The van der Waals surface area contributed by atoms with Crippen molar-refractivity contribution in [2.75, 3.05) is 6.54 Å².